The van der Waals surface area contributed by atoms with E-state index in [0.29, 0.717) is 30.0 Å². The number of esters is 1. The van der Waals surface area contributed by atoms with E-state index in [1.54, 1.807) is 29.4 Å². The van der Waals surface area contributed by atoms with E-state index in [4.69, 9.17) is 9.47 Å². The first-order valence-corrected chi connectivity index (χ1v) is 11.4. The Morgan fingerprint density at radius 1 is 1.16 bits per heavy atom. The molecular weight excluding hydrogens is 424 g/mol. The number of carbonyl (C=O) groups excluding carboxylic acids is 2. The van der Waals surface area contributed by atoms with Gasteiger partial charge in [0.2, 0.25) is 0 Å². The molecular formula is C25H22N2O4S. The first-order valence-electron chi connectivity index (χ1n) is 10.6. The minimum atomic E-state index is -0.413. The van der Waals surface area contributed by atoms with Crippen molar-refractivity contribution in [3.8, 4) is 0 Å². The molecule has 3 heterocycles. The molecule has 0 radical (unpaired) electrons. The number of hydrogen-bond acceptors (Lipinski definition) is 6. The monoisotopic (exact) mass is 446 g/mol. The van der Waals surface area contributed by atoms with E-state index in [-0.39, 0.29) is 18.6 Å². The summed E-state index contributed by atoms with van der Waals surface area (Å²) in [5, 5.41) is 0. The fourth-order valence-corrected chi connectivity index (χ4v) is 4.96. The van der Waals surface area contributed by atoms with Gasteiger partial charge in [-0.1, -0.05) is 30.0 Å². The van der Waals surface area contributed by atoms with Gasteiger partial charge in [0.25, 0.3) is 5.91 Å². The molecule has 0 bridgehead atoms. The third kappa shape index (κ3) is 4.26. The van der Waals surface area contributed by atoms with Crippen LogP contribution in [0.2, 0.25) is 0 Å². The van der Waals surface area contributed by atoms with Gasteiger partial charge in [0.15, 0.2) is 0 Å². The van der Waals surface area contributed by atoms with Gasteiger partial charge in [-0.15, -0.1) is 0 Å². The van der Waals surface area contributed by atoms with Crippen LogP contribution in [0, 0.1) is 0 Å². The predicted molar refractivity (Wildman–Crippen MR) is 121 cm³/mol. The molecule has 7 heteroatoms. The van der Waals surface area contributed by atoms with Crippen LogP contribution < -0.4 is 4.90 Å². The van der Waals surface area contributed by atoms with E-state index in [0.717, 1.165) is 28.2 Å². The fourth-order valence-electron chi connectivity index (χ4n) is 3.91. The van der Waals surface area contributed by atoms with Gasteiger partial charge in [0.05, 0.1) is 29.5 Å². The molecule has 0 aliphatic carbocycles. The zero-order valence-electron chi connectivity index (χ0n) is 17.4. The maximum absolute atomic E-state index is 13.5. The van der Waals surface area contributed by atoms with E-state index in [1.165, 1.54) is 11.8 Å². The van der Waals surface area contributed by atoms with Crippen LogP contribution in [0.4, 0.5) is 5.69 Å². The molecule has 2 aromatic carbocycles. The topological polar surface area (TPSA) is 68.7 Å². The Hall–Kier alpha value is -3.16. The second-order valence-corrected chi connectivity index (χ2v) is 8.85. The first-order chi connectivity index (χ1) is 15.7. The van der Waals surface area contributed by atoms with E-state index in [1.807, 2.05) is 42.5 Å². The molecule has 2 aliphatic heterocycles. The van der Waals surface area contributed by atoms with Crippen molar-refractivity contribution in [1.82, 2.24) is 4.98 Å². The summed E-state index contributed by atoms with van der Waals surface area (Å²) in [7, 11) is 0. The maximum Gasteiger partial charge on any atom is 0.338 e. The minimum Gasteiger partial charge on any atom is -0.459 e. The van der Waals surface area contributed by atoms with Crippen LogP contribution in [-0.4, -0.2) is 36.2 Å². The van der Waals surface area contributed by atoms with E-state index < -0.39 is 5.97 Å². The average molecular weight is 447 g/mol. The fraction of sp³-hybridized carbons (Fsp3) is 0.240. The Labute approximate surface area is 190 Å². The van der Waals surface area contributed by atoms with Gasteiger partial charge in [-0.25, -0.2) is 4.79 Å². The van der Waals surface area contributed by atoms with Gasteiger partial charge in [0.1, 0.15) is 6.61 Å². The summed E-state index contributed by atoms with van der Waals surface area (Å²) in [5.41, 5.74) is 2.64. The molecule has 1 saturated heterocycles. The summed E-state index contributed by atoms with van der Waals surface area (Å²) in [6, 6.07) is 16.7. The molecule has 6 nitrogen and oxygen atoms in total. The number of pyridine rings is 1. The second-order valence-electron chi connectivity index (χ2n) is 7.77. The van der Waals surface area contributed by atoms with Crippen LogP contribution in [0.3, 0.4) is 0 Å². The Balaban J connectivity index is 1.49. The van der Waals surface area contributed by atoms with Crippen molar-refractivity contribution in [2.45, 2.75) is 35.3 Å². The number of aromatic nitrogens is 1. The normalized spacial score (nSPS) is 17.4. The zero-order valence-corrected chi connectivity index (χ0v) is 18.2. The van der Waals surface area contributed by atoms with Crippen LogP contribution in [0.25, 0.3) is 0 Å². The number of hydrogen-bond donors (Lipinski definition) is 0. The Bertz CT molecular complexity index is 1150. The number of fused-ring (bicyclic) bond motifs is 2. The smallest absolute Gasteiger partial charge is 0.338 e. The lowest BCUT2D eigenvalue weighted by atomic mass is 10.1. The number of amides is 1. The summed E-state index contributed by atoms with van der Waals surface area (Å²) in [4.78, 5) is 34.0. The molecule has 0 saturated carbocycles. The van der Waals surface area contributed by atoms with Crippen molar-refractivity contribution in [2.24, 2.45) is 0 Å². The predicted octanol–water partition coefficient (Wildman–Crippen LogP) is 4.73. The van der Waals surface area contributed by atoms with Gasteiger partial charge < -0.3 is 14.4 Å². The number of benzene rings is 2. The standard InChI is InChI=1S/C25H22N2O4S/c28-24-20-7-1-2-8-22(20)32-23-10-9-18(25(29)31-16-19-6-4-12-30-19)13-21(23)27(24)15-17-5-3-11-26-14-17/h1-3,5,7-11,13-14,19H,4,6,12,15-16H2. The molecule has 2 aliphatic rings. The van der Waals surface area contributed by atoms with Crippen molar-refractivity contribution in [3.05, 3.63) is 83.7 Å². The Morgan fingerprint density at radius 2 is 2.06 bits per heavy atom. The van der Waals surface area contributed by atoms with Gasteiger partial charge in [-0.2, -0.15) is 0 Å². The number of nitrogens with zero attached hydrogens (tertiary/aromatic N) is 2. The average Bonchev–Trinajstić information content (AvgIpc) is 3.32. The van der Waals surface area contributed by atoms with Crippen LogP contribution in [0.1, 0.15) is 39.1 Å². The number of anilines is 1. The largest absolute Gasteiger partial charge is 0.459 e. The lowest BCUT2D eigenvalue weighted by molar-refractivity contribution is 0.0161. The first kappa shape index (κ1) is 20.7. The molecule has 32 heavy (non-hydrogen) atoms. The highest BCUT2D eigenvalue weighted by Crippen LogP contribution is 2.42. The number of carbonyl (C=O) groups is 2. The van der Waals surface area contributed by atoms with E-state index in [2.05, 4.69) is 4.98 Å². The van der Waals surface area contributed by atoms with Gasteiger partial charge >= 0.3 is 5.97 Å². The maximum atomic E-state index is 13.5. The Morgan fingerprint density at radius 3 is 2.88 bits per heavy atom. The molecule has 5 rings (SSSR count). The lowest BCUT2D eigenvalue weighted by Crippen LogP contribution is -2.30. The van der Waals surface area contributed by atoms with Crippen molar-refractivity contribution in [2.75, 3.05) is 18.1 Å². The zero-order chi connectivity index (χ0) is 21.9. The molecule has 0 N–H and O–H groups in total. The number of ether oxygens (including phenoxy) is 2. The molecule has 0 spiro atoms. The quantitative estimate of drug-likeness (QED) is 0.528. The number of rotatable bonds is 5. The van der Waals surface area contributed by atoms with Crippen LogP contribution in [-0.2, 0) is 16.0 Å². The van der Waals surface area contributed by atoms with Crippen molar-refractivity contribution in [1.29, 1.82) is 0 Å². The highest BCUT2D eigenvalue weighted by Gasteiger charge is 2.28. The minimum absolute atomic E-state index is 0.0338. The van der Waals surface area contributed by atoms with Crippen molar-refractivity contribution < 1.29 is 19.1 Å². The summed E-state index contributed by atoms with van der Waals surface area (Å²) < 4.78 is 11.0. The third-order valence-electron chi connectivity index (χ3n) is 5.56. The molecule has 3 aromatic rings. The summed E-state index contributed by atoms with van der Waals surface area (Å²) in [6.45, 7) is 1.31. The van der Waals surface area contributed by atoms with Gasteiger partial charge in [-0.05, 0) is 54.8 Å². The molecule has 162 valence electrons. The van der Waals surface area contributed by atoms with Gasteiger partial charge in [-0.3, -0.25) is 9.78 Å². The highest BCUT2D eigenvalue weighted by molar-refractivity contribution is 7.99. The summed E-state index contributed by atoms with van der Waals surface area (Å²) in [5.74, 6) is -0.524. The molecule has 1 aromatic heterocycles. The summed E-state index contributed by atoms with van der Waals surface area (Å²) in [6.07, 6.45) is 5.31. The Kier molecular flexibility index (Phi) is 5.92. The van der Waals surface area contributed by atoms with Gasteiger partial charge in [0, 0.05) is 28.8 Å². The molecule has 1 unspecified atom stereocenters. The molecule has 1 fully saturated rings. The summed E-state index contributed by atoms with van der Waals surface area (Å²) >= 11 is 1.53. The van der Waals surface area contributed by atoms with E-state index >= 15 is 0 Å². The van der Waals surface area contributed by atoms with Crippen LogP contribution >= 0.6 is 11.8 Å². The molecule has 1 amide bonds. The van der Waals surface area contributed by atoms with Crippen LogP contribution in [0.5, 0.6) is 0 Å². The van der Waals surface area contributed by atoms with Crippen molar-refractivity contribution in [3.63, 3.8) is 0 Å². The van der Waals surface area contributed by atoms with Crippen molar-refractivity contribution >= 4 is 29.3 Å². The lowest BCUT2D eigenvalue weighted by Gasteiger charge is -2.23. The SMILES string of the molecule is O=C(OCC1CCCO1)c1ccc2c(c1)N(Cc1cccnc1)C(=O)c1ccccc1S2. The molecule has 1 atom stereocenters. The van der Waals surface area contributed by atoms with Crippen LogP contribution in [0.15, 0.2) is 76.8 Å². The third-order valence-corrected chi connectivity index (χ3v) is 6.70. The highest BCUT2D eigenvalue weighted by atomic mass is 32.2. The van der Waals surface area contributed by atoms with E-state index in [9.17, 15) is 9.59 Å². The second kappa shape index (κ2) is 9.14.